The summed E-state index contributed by atoms with van der Waals surface area (Å²) in [7, 11) is 1.86. The SMILES string of the molecule is Cn1cc(CNCCF)cn1. The Morgan fingerprint density at radius 2 is 2.55 bits per heavy atom. The van der Waals surface area contributed by atoms with Crippen LogP contribution in [0.3, 0.4) is 0 Å². The molecule has 11 heavy (non-hydrogen) atoms. The van der Waals surface area contributed by atoms with E-state index in [1.165, 1.54) is 0 Å². The zero-order valence-corrected chi connectivity index (χ0v) is 6.55. The minimum absolute atomic E-state index is 0.319. The molecule has 1 aromatic heterocycles. The maximum absolute atomic E-state index is 11.6. The van der Waals surface area contributed by atoms with Crippen molar-refractivity contribution in [2.45, 2.75) is 6.54 Å². The van der Waals surface area contributed by atoms with Gasteiger partial charge >= 0.3 is 0 Å². The average Bonchev–Trinajstić information content (AvgIpc) is 2.37. The highest BCUT2D eigenvalue weighted by atomic mass is 19.1. The van der Waals surface area contributed by atoms with Crippen LogP contribution in [0.25, 0.3) is 0 Å². The van der Waals surface area contributed by atoms with Crippen molar-refractivity contribution in [1.82, 2.24) is 15.1 Å². The summed E-state index contributed by atoms with van der Waals surface area (Å²) in [5.41, 5.74) is 1.08. The summed E-state index contributed by atoms with van der Waals surface area (Å²) < 4.78 is 13.3. The van der Waals surface area contributed by atoms with Gasteiger partial charge in [-0.2, -0.15) is 5.10 Å². The summed E-state index contributed by atoms with van der Waals surface area (Å²) in [6, 6.07) is 0. The molecule has 0 unspecified atom stereocenters. The maximum Gasteiger partial charge on any atom is 0.102 e. The van der Waals surface area contributed by atoms with E-state index in [9.17, 15) is 4.39 Å². The highest BCUT2D eigenvalue weighted by molar-refractivity contribution is 5.02. The van der Waals surface area contributed by atoms with Gasteiger partial charge in [-0.05, 0) is 0 Å². The monoisotopic (exact) mass is 157 g/mol. The fourth-order valence-electron chi connectivity index (χ4n) is 0.863. The predicted molar refractivity (Wildman–Crippen MR) is 40.9 cm³/mol. The number of hydrogen-bond acceptors (Lipinski definition) is 2. The number of aryl methyl sites for hydroxylation is 1. The first-order valence-electron chi connectivity index (χ1n) is 3.57. The lowest BCUT2D eigenvalue weighted by Crippen LogP contribution is -2.15. The molecule has 0 saturated carbocycles. The Bertz CT molecular complexity index is 209. The van der Waals surface area contributed by atoms with Gasteiger partial charge in [0.1, 0.15) is 6.67 Å². The fraction of sp³-hybridized carbons (Fsp3) is 0.571. The Kier molecular flexibility index (Phi) is 3.04. The van der Waals surface area contributed by atoms with Crippen molar-refractivity contribution >= 4 is 0 Å². The van der Waals surface area contributed by atoms with Crippen LogP contribution in [0.4, 0.5) is 4.39 Å². The Labute approximate surface area is 65.2 Å². The zero-order chi connectivity index (χ0) is 8.10. The van der Waals surface area contributed by atoms with Gasteiger partial charge in [-0.1, -0.05) is 0 Å². The molecular weight excluding hydrogens is 145 g/mol. The van der Waals surface area contributed by atoms with Crippen LogP contribution in [-0.2, 0) is 13.6 Å². The van der Waals surface area contributed by atoms with Crippen molar-refractivity contribution in [3.8, 4) is 0 Å². The minimum atomic E-state index is -0.319. The molecule has 0 aliphatic heterocycles. The molecular formula is C7H12FN3. The molecule has 1 heterocycles. The molecule has 1 rings (SSSR count). The molecule has 0 aliphatic carbocycles. The van der Waals surface area contributed by atoms with Crippen molar-refractivity contribution in [2.24, 2.45) is 7.05 Å². The van der Waals surface area contributed by atoms with Crippen LogP contribution in [-0.4, -0.2) is 23.0 Å². The fourth-order valence-corrected chi connectivity index (χ4v) is 0.863. The third kappa shape index (κ3) is 2.67. The van der Waals surface area contributed by atoms with E-state index in [-0.39, 0.29) is 6.67 Å². The van der Waals surface area contributed by atoms with E-state index in [4.69, 9.17) is 0 Å². The Morgan fingerprint density at radius 1 is 1.73 bits per heavy atom. The average molecular weight is 157 g/mol. The summed E-state index contributed by atoms with van der Waals surface area (Å²) in [5.74, 6) is 0. The molecule has 0 amide bonds. The van der Waals surface area contributed by atoms with Gasteiger partial charge in [0, 0.05) is 31.9 Å². The van der Waals surface area contributed by atoms with Gasteiger partial charge in [-0.25, -0.2) is 4.39 Å². The molecule has 0 radical (unpaired) electrons. The number of hydrogen-bond donors (Lipinski definition) is 1. The van der Waals surface area contributed by atoms with Crippen molar-refractivity contribution in [2.75, 3.05) is 13.2 Å². The molecule has 3 nitrogen and oxygen atoms in total. The van der Waals surface area contributed by atoms with Crippen LogP contribution < -0.4 is 5.32 Å². The summed E-state index contributed by atoms with van der Waals surface area (Å²) in [6.07, 6.45) is 3.68. The molecule has 0 atom stereocenters. The Morgan fingerprint density at radius 3 is 3.09 bits per heavy atom. The molecule has 0 bridgehead atoms. The summed E-state index contributed by atoms with van der Waals surface area (Å²) >= 11 is 0. The van der Waals surface area contributed by atoms with Crippen LogP contribution in [0.1, 0.15) is 5.56 Å². The van der Waals surface area contributed by atoms with E-state index in [1.807, 2.05) is 13.2 Å². The second-order valence-electron chi connectivity index (χ2n) is 2.39. The van der Waals surface area contributed by atoms with Crippen LogP contribution in [0, 0.1) is 0 Å². The molecule has 0 saturated heterocycles. The van der Waals surface area contributed by atoms with E-state index in [0.717, 1.165) is 5.56 Å². The lowest BCUT2D eigenvalue weighted by molar-refractivity contribution is 0.467. The van der Waals surface area contributed by atoms with Crippen LogP contribution in [0.15, 0.2) is 12.4 Å². The van der Waals surface area contributed by atoms with Gasteiger partial charge in [-0.15, -0.1) is 0 Å². The van der Waals surface area contributed by atoms with Crippen LogP contribution in [0.5, 0.6) is 0 Å². The van der Waals surface area contributed by atoms with E-state index >= 15 is 0 Å². The highest BCUT2D eigenvalue weighted by Gasteiger charge is 1.93. The van der Waals surface area contributed by atoms with E-state index in [1.54, 1.807) is 10.9 Å². The first-order chi connectivity index (χ1) is 5.33. The van der Waals surface area contributed by atoms with Crippen molar-refractivity contribution < 1.29 is 4.39 Å². The molecule has 0 aromatic carbocycles. The van der Waals surface area contributed by atoms with Crippen molar-refractivity contribution in [1.29, 1.82) is 0 Å². The molecule has 0 fully saturated rings. The quantitative estimate of drug-likeness (QED) is 0.644. The highest BCUT2D eigenvalue weighted by Crippen LogP contribution is 1.93. The predicted octanol–water partition coefficient (Wildman–Crippen LogP) is 0.479. The van der Waals surface area contributed by atoms with Gasteiger partial charge in [0.15, 0.2) is 0 Å². The first kappa shape index (κ1) is 8.20. The number of aromatic nitrogens is 2. The Balaban J connectivity index is 2.27. The summed E-state index contributed by atoms with van der Waals surface area (Å²) in [6.45, 7) is 0.785. The van der Waals surface area contributed by atoms with Gasteiger partial charge in [0.25, 0.3) is 0 Å². The standard InChI is InChI=1S/C7H12FN3/c1-11-6-7(5-10-11)4-9-3-2-8/h5-6,9H,2-4H2,1H3. The third-order valence-electron chi connectivity index (χ3n) is 1.36. The third-order valence-corrected chi connectivity index (χ3v) is 1.36. The second kappa shape index (κ2) is 4.08. The molecule has 1 aromatic rings. The number of rotatable bonds is 4. The topological polar surface area (TPSA) is 29.9 Å². The number of nitrogens with one attached hydrogen (secondary N) is 1. The number of nitrogens with zero attached hydrogens (tertiary/aromatic N) is 2. The van der Waals surface area contributed by atoms with Crippen LogP contribution in [0.2, 0.25) is 0 Å². The van der Waals surface area contributed by atoms with Gasteiger partial charge in [0.2, 0.25) is 0 Å². The molecule has 62 valence electrons. The van der Waals surface area contributed by atoms with E-state index < -0.39 is 0 Å². The van der Waals surface area contributed by atoms with Crippen LogP contribution >= 0.6 is 0 Å². The van der Waals surface area contributed by atoms with E-state index in [2.05, 4.69) is 10.4 Å². The smallest absolute Gasteiger partial charge is 0.102 e. The molecule has 0 aliphatic rings. The minimum Gasteiger partial charge on any atom is -0.310 e. The Hall–Kier alpha value is -0.900. The van der Waals surface area contributed by atoms with E-state index in [0.29, 0.717) is 13.1 Å². The lowest BCUT2D eigenvalue weighted by atomic mass is 10.3. The maximum atomic E-state index is 11.6. The largest absolute Gasteiger partial charge is 0.310 e. The molecule has 4 heteroatoms. The number of halogens is 1. The zero-order valence-electron chi connectivity index (χ0n) is 6.55. The second-order valence-corrected chi connectivity index (χ2v) is 2.39. The first-order valence-corrected chi connectivity index (χ1v) is 3.57. The molecule has 1 N–H and O–H groups in total. The van der Waals surface area contributed by atoms with Gasteiger partial charge in [0.05, 0.1) is 6.20 Å². The normalized spacial score (nSPS) is 10.4. The lowest BCUT2D eigenvalue weighted by Gasteiger charge is -1.96. The summed E-state index contributed by atoms with van der Waals surface area (Å²) in [4.78, 5) is 0. The van der Waals surface area contributed by atoms with Gasteiger partial charge in [-0.3, -0.25) is 4.68 Å². The summed E-state index contributed by atoms with van der Waals surface area (Å²) in [5, 5.41) is 6.91. The molecule has 0 spiro atoms. The number of alkyl halides is 1. The van der Waals surface area contributed by atoms with Crippen molar-refractivity contribution in [3.05, 3.63) is 18.0 Å². The van der Waals surface area contributed by atoms with Crippen molar-refractivity contribution in [3.63, 3.8) is 0 Å². The van der Waals surface area contributed by atoms with Gasteiger partial charge < -0.3 is 5.32 Å².